The predicted molar refractivity (Wildman–Crippen MR) is 107 cm³/mol. The molecule has 0 aliphatic carbocycles. The lowest BCUT2D eigenvalue weighted by atomic mass is 10.1. The number of likely N-dealkylation sites (tertiary alicyclic amines) is 1. The van der Waals surface area contributed by atoms with Crippen LogP contribution >= 0.6 is 15.9 Å². The van der Waals surface area contributed by atoms with Crippen LogP contribution in [0.15, 0.2) is 46.9 Å². The molecule has 2 amide bonds. The number of carbonyl (C=O) groups excluding carboxylic acids is 2. The largest absolute Gasteiger partial charge is 0.338 e. The monoisotopic (exact) mass is 414 g/mol. The summed E-state index contributed by atoms with van der Waals surface area (Å²) in [5, 5.41) is 0. The van der Waals surface area contributed by atoms with Gasteiger partial charge in [0.25, 0.3) is 0 Å². The first-order valence-electron chi connectivity index (χ1n) is 8.72. The molecule has 2 aromatic rings. The third kappa shape index (κ3) is 3.98. The molecule has 5 heteroatoms. The lowest BCUT2D eigenvalue weighted by Crippen LogP contribution is -2.35. The second kappa shape index (κ2) is 7.62. The number of hydrogen-bond acceptors (Lipinski definition) is 2. The number of anilines is 1. The highest BCUT2D eigenvalue weighted by molar-refractivity contribution is 9.10. The van der Waals surface area contributed by atoms with Crippen LogP contribution in [0.1, 0.15) is 23.1 Å². The molecule has 0 spiro atoms. The van der Waals surface area contributed by atoms with Gasteiger partial charge in [0, 0.05) is 36.7 Å². The topological polar surface area (TPSA) is 40.6 Å². The maximum Gasteiger partial charge on any atom is 0.232 e. The van der Waals surface area contributed by atoms with Crippen molar-refractivity contribution in [2.75, 3.05) is 18.5 Å². The minimum atomic E-state index is -0.291. The summed E-state index contributed by atoms with van der Waals surface area (Å²) in [6.07, 6.45) is 0.282. The average molecular weight is 415 g/mol. The molecule has 0 saturated carbocycles. The van der Waals surface area contributed by atoms with Gasteiger partial charge in [-0.2, -0.15) is 0 Å². The van der Waals surface area contributed by atoms with Crippen molar-refractivity contribution in [2.24, 2.45) is 5.92 Å². The Kier molecular flexibility index (Phi) is 5.47. The normalized spacial score (nSPS) is 16.8. The van der Waals surface area contributed by atoms with E-state index in [1.54, 1.807) is 16.8 Å². The van der Waals surface area contributed by atoms with E-state index in [0.29, 0.717) is 13.1 Å². The van der Waals surface area contributed by atoms with Gasteiger partial charge in [-0.3, -0.25) is 9.59 Å². The number of benzene rings is 2. The van der Waals surface area contributed by atoms with Crippen molar-refractivity contribution in [1.29, 1.82) is 0 Å². The number of halogens is 1. The van der Waals surface area contributed by atoms with Crippen LogP contribution < -0.4 is 4.90 Å². The van der Waals surface area contributed by atoms with E-state index in [0.717, 1.165) is 21.3 Å². The molecule has 2 aromatic carbocycles. The maximum atomic E-state index is 12.9. The molecule has 0 radical (unpaired) electrons. The first-order valence-corrected chi connectivity index (χ1v) is 9.51. The fraction of sp³-hybridized carbons (Fsp3) is 0.333. The van der Waals surface area contributed by atoms with Gasteiger partial charge in [0.15, 0.2) is 0 Å². The molecule has 1 saturated heterocycles. The van der Waals surface area contributed by atoms with Crippen LogP contribution in [-0.4, -0.2) is 30.3 Å². The van der Waals surface area contributed by atoms with E-state index in [2.05, 4.69) is 15.9 Å². The van der Waals surface area contributed by atoms with Gasteiger partial charge >= 0.3 is 0 Å². The van der Waals surface area contributed by atoms with Gasteiger partial charge in [-0.15, -0.1) is 0 Å². The number of hydrogen-bond donors (Lipinski definition) is 0. The highest BCUT2D eigenvalue weighted by Crippen LogP contribution is 2.27. The van der Waals surface area contributed by atoms with E-state index in [4.69, 9.17) is 0 Å². The van der Waals surface area contributed by atoms with Gasteiger partial charge in [-0.1, -0.05) is 45.8 Å². The van der Waals surface area contributed by atoms with E-state index < -0.39 is 0 Å². The van der Waals surface area contributed by atoms with E-state index in [1.165, 1.54) is 5.56 Å². The van der Waals surface area contributed by atoms with Gasteiger partial charge in [-0.05, 0) is 43.2 Å². The zero-order valence-corrected chi connectivity index (χ0v) is 16.9. The van der Waals surface area contributed by atoms with E-state index in [1.807, 2.05) is 56.3 Å². The van der Waals surface area contributed by atoms with E-state index in [9.17, 15) is 9.59 Å². The summed E-state index contributed by atoms with van der Waals surface area (Å²) >= 11 is 3.45. The van der Waals surface area contributed by atoms with Crippen molar-refractivity contribution >= 4 is 33.4 Å². The Balaban J connectivity index is 1.69. The summed E-state index contributed by atoms with van der Waals surface area (Å²) in [5.74, 6) is -0.249. The molecule has 3 rings (SSSR count). The van der Waals surface area contributed by atoms with E-state index in [-0.39, 0.29) is 24.2 Å². The predicted octanol–water partition coefficient (Wildman–Crippen LogP) is 4.08. The highest BCUT2D eigenvalue weighted by atomic mass is 79.9. The molecule has 136 valence electrons. The van der Waals surface area contributed by atoms with Gasteiger partial charge in [0.1, 0.15) is 0 Å². The first-order chi connectivity index (χ1) is 12.3. The quantitative estimate of drug-likeness (QED) is 0.755. The molecule has 1 fully saturated rings. The summed E-state index contributed by atoms with van der Waals surface area (Å²) in [6.45, 7) is 5.06. The molecule has 1 atom stereocenters. The van der Waals surface area contributed by atoms with Crippen molar-refractivity contribution in [3.8, 4) is 0 Å². The summed E-state index contributed by atoms with van der Waals surface area (Å²) in [7, 11) is 1.78. The van der Waals surface area contributed by atoms with E-state index >= 15 is 0 Å². The number of rotatable bonds is 4. The van der Waals surface area contributed by atoms with Crippen LogP contribution in [0.25, 0.3) is 0 Å². The summed E-state index contributed by atoms with van der Waals surface area (Å²) < 4.78 is 0.986. The third-order valence-corrected chi connectivity index (χ3v) is 5.40. The van der Waals surface area contributed by atoms with Crippen LogP contribution in [-0.2, 0) is 16.1 Å². The number of aryl methyl sites for hydroxylation is 2. The van der Waals surface area contributed by atoms with Crippen LogP contribution in [0.2, 0.25) is 0 Å². The molecule has 0 bridgehead atoms. The molecule has 1 aliphatic heterocycles. The number of carbonyl (C=O) groups is 2. The molecule has 4 nitrogen and oxygen atoms in total. The fourth-order valence-corrected chi connectivity index (χ4v) is 3.87. The van der Waals surface area contributed by atoms with Gasteiger partial charge in [-0.25, -0.2) is 0 Å². The zero-order chi connectivity index (χ0) is 18.8. The SMILES string of the molecule is Cc1ccc(CN2CC(C(=O)N(C)c3ccc(Br)cc3C)CC2=O)cc1. The first kappa shape index (κ1) is 18.6. The van der Waals surface area contributed by atoms with Gasteiger partial charge in [0.05, 0.1) is 5.92 Å². The Morgan fingerprint density at radius 1 is 1.19 bits per heavy atom. The molecular weight excluding hydrogens is 392 g/mol. The second-order valence-electron chi connectivity index (χ2n) is 6.99. The Morgan fingerprint density at radius 2 is 1.88 bits per heavy atom. The zero-order valence-electron chi connectivity index (χ0n) is 15.3. The summed E-state index contributed by atoms with van der Waals surface area (Å²) in [4.78, 5) is 28.7. The van der Waals surface area contributed by atoms with Crippen molar-refractivity contribution in [1.82, 2.24) is 4.90 Å². The van der Waals surface area contributed by atoms with Gasteiger partial charge in [0.2, 0.25) is 11.8 Å². The van der Waals surface area contributed by atoms with Crippen LogP contribution in [0.3, 0.4) is 0 Å². The summed E-state index contributed by atoms with van der Waals surface area (Å²) in [5.41, 5.74) is 4.19. The molecule has 1 aliphatic rings. The minimum Gasteiger partial charge on any atom is -0.338 e. The number of amides is 2. The standard InChI is InChI=1S/C21H23BrN2O2/c1-14-4-6-16(7-5-14)12-24-13-17(11-20(24)25)21(26)23(3)19-9-8-18(22)10-15(19)2/h4-10,17H,11-13H2,1-3H3. The van der Waals surface area contributed by atoms with Gasteiger partial charge < -0.3 is 9.80 Å². The van der Waals surface area contributed by atoms with Crippen molar-refractivity contribution in [3.05, 3.63) is 63.6 Å². The maximum absolute atomic E-state index is 12.9. The summed E-state index contributed by atoms with van der Waals surface area (Å²) in [6, 6.07) is 14.0. The highest BCUT2D eigenvalue weighted by Gasteiger charge is 2.36. The van der Waals surface area contributed by atoms with Crippen molar-refractivity contribution < 1.29 is 9.59 Å². The number of nitrogens with zero attached hydrogens (tertiary/aromatic N) is 2. The molecule has 26 heavy (non-hydrogen) atoms. The lowest BCUT2D eigenvalue weighted by Gasteiger charge is -2.23. The Morgan fingerprint density at radius 3 is 2.54 bits per heavy atom. The lowest BCUT2D eigenvalue weighted by molar-refractivity contribution is -0.128. The Bertz CT molecular complexity index is 832. The molecule has 0 N–H and O–H groups in total. The molecular formula is C21H23BrN2O2. The minimum absolute atomic E-state index is 0.00446. The molecule has 0 aromatic heterocycles. The fourth-order valence-electron chi connectivity index (χ4n) is 3.39. The smallest absolute Gasteiger partial charge is 0.232 e. The Hall–Kier alpha value is -2.14. The Labute approximate surface area is 162 Å². The average Bonchev–Trinajstić information content (AvgIpc) is 2.96. The van der Waals surface area contributed by atoms with Crippen LogP contribution in [0.4, 0.5) is 5.69 Å². The molecule has 1 heterocycles. The van der Waals surface area contributed by atoms with Crippen LogP contribution in [0.5, 0.6) is 0 Å². The van der Waals surface area contributed by atoms with Crippen LogP contribution in [0, 0.1) is 19.8 Å². The third-order valence-electron chi connectivity index (χ3n) is 4.91. The van der Waals surface area contributed by atoms with Crippen molar-refractivity contribution in [3.63, 3.8) is 0 Å². The second-order valence-corrected chi connectivity index (χ2v) is 7.90. The van der Waals surface area contributed by atoms with Crippen molar-refractivity contribution in [2.45, 2.75) is 26.8 Å². The molecule has 1 unspecified atom stereocenters.